The van der Waals surface area contributed by atoms with Crippen molar-refractivity contribution in [3.63, 3.8) is 0 Å². The first kappa shape index (κ1) is 13.3. The Hall–Kier alpha value is -0.790. The molecule has 1 heterocycles. The minimum atomic E-state index is -0.0938. The van der Waals surface area contributed by atoms with Crippen molar-refractivity contribution in [2.75, 3.05) is 0 Å². The highest BCUT2D eigenvalue weighted by Gasteiger charge is 2.32. The molecule has 0 spiro atoms. The van der Waals surface area contributed by atoms with Gasteiger partial charge in [0.25, 0.3) is 0 Å². The van der Waals surface area contributed by atoms with E-state index in [-0.39, 0.29) is 18.0 Å². The van der Waals surface area contributed by atoms with Crippen molar-refractivity contribution in [3.05, 3.63) is 11.1 Å². The van der Waals surface area contributed by atoms with E-state index in [1.165, 1.54) is 5.57 Å². The van der Waals surface area contributed by atoms with Gasteiger partial charge in [-0.05, 0) is 17.8 Å². The Morgan fingerprint density at radius 2 is 1.62 bits per heavy atom. The summed E-state index contributed by atoms with van der Waals surface area (Å²) < 4.78 is 5.51. The molecule has 0 saturated heterocycles. The van der Waals surface area contributed by atoms with Crippen LogP contribution in [0.5, 0.6) is 0 Å². The van der Waals surface area contributed by atoms with Gasteiger partial charge in [-0.3, -0.25) is 0 Å². The largest absolute Gasteiger partial charge is 0.458 e. The zero-order valence-corrected chi connectivity index (χ0v) is 11.3. The Morgan fingerprint density at radius 3 is 2.00 bits per heavy atom. The maximum Gasteiger partial charge on any atom is 0.334 e. The SMILES string of the molecule is CC(C)C1=C(C(C)C)C(=O)OC(C(C)C)C1. The fraction of sp³-hybridized carbons (Fsp3) is 0.786. The molecule has 0 bridgehead atoms. The van der Waals surface area contributed by atoms with Crippen LogP contribution in [-0.2, 0) is 9.53 Å². The topological polar surface area (TPSA) is 26.3 Å². The van der Waals surface area contributed by atoms with Crippen LogP contribution in [0.15, 0.2) is 11.1 Å². The van der Waals surface area contributed by atoms with Gasteiger partial charge in [0.2, 0.25) is 0 Å². The first-order valence-electron chi connectivity index (χ1n) is 6.28. The smallest absolute Gasteiger partial charge is 0.334 e. The zero-order valence-electron chi connectivity index (χ0n) is 11.3. The lowest BCUT2D eigenvalue weighted by atomic mass is 9.83. The maximum atomic E-state index is 12.0. The average molecular weight is 224 g/mol. The Labute approximate surface area is 99.1 Å². The predicted octanol–water partition coefficient (Wildman–Crippen LogP) is 3.57. The number of hydrogen-bond donors (Lipinski definition) is 0. The van der Waals surface area contributed by atoms with Gasteiger partial charge in [0.15, 0.2) is 0 Å². The molecule has 0 aromatic rings. The van der Waals surface area contributed by atoms with Crippen LogP contribution in [0.2, 0.25) is 0 Å². The lowest BCUT2D eigenvalue weighted by molar-refractivity contribution is -0.149. The van der Waals surface area contributed by atoms with E-state index < -0.39 is 0 Å². The van der Waals surface area contributed by atoms with Crippen molar-refractivity contribution in [2.45, 2.75) is 54.1 Å². The lowest BCUT2D eigenvalue weighted by Gasteiger charge is -2.32. The fourth-order valence-electron chi connectivity index (χ4n) is 2.23. The third-order valence-electron chi connectivity index (χ3n) is 3.26. The van der Waals surface area contributed by atoms with Crippen LogP contribution in [-0.4, -0.2) is 12.1 Å². The highest BCUT2D eigenvalue weighted by atomic mass is 16.5. The monoisotopic (exact) mass is 224 g/mol. The van der Waals surface area contributed by atoms with Gasteiger partial charge in [0.1, 0.15) is 6.10 Å². The molecule has 0 radical (unpaired) electrons. The quantitative estimate of drug-likeness (QED) is 0.685. The lowest BCUT2D eigenvalue weighted by Crippen LogP contribution is -2.33. The van der Waals surface area contributed by atoms with Gasteiger partial charge in [-0.25, -0.2) is 4.79 Å². The summed E-state index contributed by atoms with van der Waals surface area (Å²) in [5.74, 6) is 1.000. The Bertz CT molecular complexity index is 298. The molecule has 0 saturated carbocycles. The Morgan fingerprint density at radius 1 is 1.06 bits per heavy atom. The highest BCUT2D eigenvalue weighted by molar-refractivity contribution is 5.91. The number of esters is 1. The van der Waals surface area contributed by atoms with Crippen LogP contribution in [0.3, 0.4) is 0 Å². The molecule has 0 aromatic heterocycles. The molecule has 2 nitrogen and oxygen atoms in total. The molecule has 92 valence electrons. The first-order valence-corrected chi connectivity index (χ1v) is 6.28. The normalized spacial score (nSPS) is 22.3. The van der Waals surface area contributed by atoms with Crippen LogP contribution in [0, 0.1) is 17.8 Å². The summed E-state index contributed by atoms with van der Waals surface area (Å²) in [7, 11) is 0. The molecule has 0 aliphatic carbocycles. The van der Waals surface area contributed by atoms with Crippen molar-refractivity contribution in [1.29, 1.82) is 0 Å². The van der Waals surface area contributed by atoms with Gasteiger partial charge in [-0.2, -0.15) is 0 Å². The van der Waals surface area contributed by atoms with E-state index >= 15 is 0 Å². The molecule has 16 heavy (non-hydrogen) atoms. The minimum Gasteiger partial charge on any atom is -0.458 e. The predicted molar refractivity (Wildman–Crippen MR) is 66.0 cm³/mol. The van der Waals surface area contributed by atoms with E-state index in [1.807, 2.05) is 0 Å². The molecule has 2 heteroatoms. The summed E-state index contributed by atoms with van der Waals surface area (Å²) in [6, 6.07) is 0. The Kier molecular flexibility index (Phi) is 4.17. The van der Waals surface area contributed by atoms with Gasteiger partial charge >= 0.3 is 5.97 Å². The van der Waals surface area contributed by atoms with Gasteiger partial charge in [-0.15, -0.1) is 0 Å². The van der Waals surface area contributed by atoms with Crippen LogP contribution in [0.4, 0.5) is 0 Å². The molecule has 1 aliphatic rings. The van der Waals surface area contributed by atoms with E-state index in [0.717, 1.165) is 12.0 Å². The van der Waals surface area contributed by atoms with Crippen molar-refractivity contribution >= 4 is 5.97 Å². The summed E-state index contributed by atoms with van der Waals surface area (Å²) >= 11 is 0. The van der Waals surface area contributed by atoms with E-state index in [2.05, 4.69) is 41.5 Å². The summed E-state index contributed by atoms with van der Waals surface area (Å²) in [5.41, 5.74) is 2.21. The second-order valence-corrected chi connectivity index (χ2v) is 5.64. The molecule has 0 N–H and O–H groups in total. The molecule has 1 atom stereocenters. The number of rotatable bonds is 3. The van der Waals surface area contributed by atoms with Crippen molar-refractivity contribution in [1.82, 2.24) is 0 Å². The van der Waals surface area contributed by atoms with Gasteiger partial charge < -0.3 is 4.74 Å². The van der Waals surface area contributed by atoms with Crippen molar-refractivity contribution < 1.29 is 9.53 Å². The van der Waals surface area contributed by atoms with Crippen LogP contribution >= 0.6 is 0 Å². The van der Waals surface area contributed by atoms with Crippen LogP contribution in [0.1, 0.15) is 48.0 Å². The zero-order chi connectivity index (χ0) is 12.5. The molecular weight excluding hydrogens is 200 g/mol. The van der Waals surface area contributed by atoms with Crippen LogP contribution in [0.25, 0.3) is 0 Å². The fourth-order valence-corrected chi connectivity index (χ4v) is 2.23. The van der Waals surface area contributed by atoms with Gasteiger partial charge in [0, 0.05) is 12.0 Å². The van der Waals surface area contributed by atoms with E-state index in [9.17, 15) is 4.79 Å². The third kappa shape index (κ3) is 2.66. The highest BCUT2D eigenvalue weighted by Crippen LogP contribution is 2.33. The molecule has 1 aliphatic heterocycles. The number of ether oxygens (including phenoxy) is 1. The summed E-state index contributed by atoms with van der Waals surface area (Å²) in [6.07, 6.45) is 0.974. The summed E-state index contributed by atoms with van der Waals surface area (Å²) in [5, 5.41) is 0. The molecule has 0 aromatic carbocycles. The van der Waals surface area contributed by atoms with E-state index in [1.54, 1.807) is 0 Å². The van der Waals surface area contributed by atoms with Crippen molar-refractivity contribution in [2.24, 2.45) is 17.8 Å². The second kappa shape index (κ2) is 5.03. The maximum absolute atomic E-state index is 12.0. The molecule has 1 unspecified atom stereocenters. The van der Waals surface area contributed by atoms with Gasteiger partial charge in [-0.1, -0.05) is 47.1 Å². The van der Waals surface area contributed by atoms with Gasteiger partial charge in [0.05, 0.1) is 0 Å². The molecule has 0 amide bonds. The second-order valence-electron chi connectivity index (χ2n) is 5.64. The van der Waals surface area contributed by atoms with E-state index in [4.69, 9.17) is 4.74 Å². The standard InChI is InChI=1S/C14H24O2/c1-8(2)11-7-12(9(3)4)16-14(15)13(11)10(5)6/h8-10,12H,7H2,1-6H3. The first-order chi connectivity index (χ1) is 7.34. The molecule has 1 rings (SSSR count). The minimum absolute atomic E-state index is 0.0624. The number of hydrogen-bond acceptors (Lipinski definition) is 2. The Balaban J connectivity index is 3.07. The third-order valence-corrected chi connectivity index (χ3v) is 3.26. The van der Waals surface area contributed by atoms with Crippen molar-refractivity contribution in [3.8, 4) is 0 Å². The summed E-state index contributed by atoms with van der Waals surface area (Å²) in [6.45, 7) is 12.7. The molecule has 0 fully saturated rings. The number of carbonyl (C=O) groups is 1. The van der Waals surface area contributed by atoms with Crippen LogP contribution < -0.4 is 0 Å². The number of carbonyl (C=O) groups excluding carboxylic acids is 1. The molecular formula is C14H24O2. The summed E-state index contributed by atoms with van der Waals surface area (Å²) in [4.78, 5) is 12.0. The number of cyclic esters (lactones) is 1. The van der Waals surface area contributed by atoms with E-state index in [0.29, 0.717) is 11.8 Å². The average Bonchev–Trinajstić information content (AvgIpc) is 2.15.